The maximum atomic E-state index is 6.03. The molecule has 3 atom stereocenters. The molecule has 0 spiro atoms. The van der Waals surface area contributed by atoms with E-state index in [0.29, 0.717) is 24.7 Å². The summed E-state index contributed by atoms with van der Waals surface area (Å²) in [4.78, 5) is 4.80. The number of pyridine rings is 1. The average molecular weight is 387 g/mol. The van der Waals surface area contributed by atoms with Crippen LogP contribution >= 0.6 is 0 Å². The first-order valence-electron chi connectivity index (χ1n) is 10.6. The second-order valence-corrected chi connectivity index (χ2v) is 8.43. The van der Waals surface area contributed by atoms with Crippen molar-refractivity contribution < 1.29 is 4.74 Å². The van der Waals surface area contributed by atoms with Gasteiger partial charge in [-0.05, 0) is 67.1 Å². The van der Waals surface area contributed by atoms with E-state index in [4.69, 9.17) is 9.72 Å². The zero-order valence-corrected chi connectivity index (χ0v) is 16.3. The Morgan fingerprint density at radius 3 is 2.76 bits per heavy atom. The van der Waals surface area contributed by atoms with E-state index in [1.54, 1.807) is 6.20 Å². The largest absolute Gasteiger partial charge is 0.472 e. The third-order valence-electron chi connectivity index (χ3n) is 6.44. The minimum Gasteiger partial charge on any atom is -0.472 e. The number of fused-ring (bicyclic) bond motifs is 5. The third-order valence-corrected chi connectivity index (χ3v) is 6.44. The van der Waals surface area contributed by atoms with Crippen molar-refractivity contribution >= 4 is 5.82 Å². The molecule has 5 heterocycles. The first-order chi connectivity index (χ1) is 14.3. The van der Waals surface area contributed by atoms with E-state index in [1.165, 1.54) is 43.2 Å². The number of hydrogen-bond donors (Lipinski definition) is 2. The van der Waals surface area contributed by atoms with Gasteiger partial charge in [0.25, 0.3) is 0 Å². The molecule has 0 radical (unpaired) electrons. The van der Waals surface area contributed by atoms with E-state index >= 15 is 0 Å². The minimum absolute atomic E-state index is 0.490. The van der Waals surface area contributed by atoms with Crippen LogP contribution in [0.15, 0.2) is 48.8 Å². The van der Waals surface area contributed by atoms with Crippen LogP contribution in [0.2, 0.25) is 0 Å². The molecule has 2 fully saturated rings. The van der Waals surface area contributed by atoms with Gasteiger partial charge in [-0.1, -0.05) is 12.5 Å². The molecule has 6 rings (SSSR count). The van der Waals surface area contributed by atoms with Crippen molar-refractivity contribution in [2.24, 2.45) is 0 Å². The van der Waals surface area contributed by atoms with Crippen LogP contribution in [0, 0.1) is 0 Å². The van der Waals surface area contributed by atoms with Crippen molar-refractivity contribution in [3.8, 4) is 22.7 Å². The normalized spacial score (nSPS) is 24.9. The van der Waals surface area contributed by atoms with Crippen LogP contribution in [-0.2, 0) is 6.61 Å². The molecule has 6 nitrogen and oxygen atoms in total. The minimum atomic E-state index is 0.490. The summed E-state index contributed by atoms with van der Waals surface area (Å²) in [5.41, 5.74) is 4.46. The third kappa shape index (κ3) is 3.17. The van der Waals surface area contributed by atoms with Crippen molar-refractivity contribution in [1.82, 2.24) is 20.1 Å². The summed E-state index contributed by atoms with van der Waals surface area (Å²) < 4.78 is 7.90. The van der Waals surface area contributed by atoms with Crippen LogP contribution in [0.1, 0.15) is 37.7 Å². The number of ether oxygens (including phenoxy) is 1. The molecule has 2 bridgehead atoms. The fourth-order valence-electron chi connectivity index (χ4n) is 5.10. The van der Waals surface area contributed by atoms with Gasteiger partial charge in [0.1, 0.15) is 12.4 Å². The highest BCUT2D eigenvalue weighted by atomic mass is 16.5. The van der Waals surface area contributed by atoms with Gasteiger partial charge < -0.3 is 15.4 Å². The molecule has 3 aliphatic rings. The predicted molar refractivity (Wildman–Crippen MR) is 112 cm³/mol. The highest BCUT2D eigenvalue weighted by molar-refractivity contribution is 5.75. The lowest BCUT2D eigenvalue weighted by atomic mass is 9.84. The highest BCUT2D eigenvalue weighted by Gasteiger charge is 2.31. The lowest BCUT2D eigenvalue weighted by Gasteiger charge is -2.40. The molecule has 2 aromatic heterocycles. The summed E-state index contributed by atoms with van der Waals surface area (Å²) in [6, 6.07) is 14.4. The molecule has 148 valence electrons. The van der Waals surface area contributed by atoms with Gasteiger partial charge in [-0.25, -0.2) is 4.68 Å². The fourth-order valence-corrected chi connectivity index (χ4v) is 5.10. The van der Waals surface area contributed by atoms with Gasteiger partial charge >= 0.3 is 0 Å². The molecular formula is C23H25N5O. The number of benzene rings is 1. The first-order valence-corrected chi connectivity index (χ1v) is 10.6. The Morgan fingerprint density at radius 1 is 1.07 bits per heavy atom. The number of hydrogen-bond acceptors (Lipinski definition) is 5. The summed E-state index contributed by atoms with van der Waals surface area (Å²) in [5, 5.41) is 11.7. The number of nitrogens with zero attached hydrogens (tertiary/aromatic N) is 3. The van der Waals surface area contributed by atoms with Gasteiger partial charge in [-0.3, -0.25) is 0 Å². The number of rotatable bonds is 3. The summed E-state index contributed by atoms with van der Waals surface area (Å²) in [6.07, 6.45) is 10.1. The maximum Gasteiger partial charge on any atom is 0.223 e. The van der Waals surface area contributed by atoms with Crippen LogP contribution in [0.5, 0.6) is 5.88 Å². The summed E-state index contributed by atoms with van der Waals surface area (Å²) in [5.74, 6) is 1.65. The van der Waals surface area contributed by atoms with Crippen molar-refractivity contribution in [2.75, 3.05) is 5.32 Å². The molecule has 0 aliphatic carbocycles. The van der Waals surface area contributed by atoms with Gasteiger partial charge in [0.2, 0.25) is 5.88 Å². The smallest absolute Gasteiger partial charge is 0.223 e. The molecule has 6 heteroatoms. The molecule has 0 amide bonds. The molecule has 29 heavy (non-hydrogen) atoms. The van der Waals surface area contributed by atoms with Crippen LogP contribution < -0.4 is 15.4 Å². The molecule has 2 N–H and O–H groups in total. The number of piperidine rings is 2. The lowest BCUT2D eigenvalue weighted by Crippen LogP contribution is -2.52. The molecule has 3 aromatic rings. The van der Waals surface area contributed by atoms with E-state index in [9.17, 15) is 0 Å². The average Bonchev–Trinajstić information content (AvgIpc) is 3.28. The Morgan fingerprint density at radius 2 is 1.93 bits per heavy atom. The first kappa shape index (κ1) is 17.0. The van der Waals surface area contributed by atoms with Gasteiger partial charge in [0, 0.05) is 36.1 Å². The quantitative estimate of drug-likeness (QED) is 0.713. The summed E-state index contributed by atoms with van der Waals surface area (Å²) >= 11 is 0. The SMILES string of the molecule is c1cnn(-c2ccc3c(c2)COc2nc(NC4CC5CCC[C@H](C4)N5)ccc2-3)c1. The van der Waals surface area contributed by atoms with Crippen molar-refractivity contribution in [3.05, 3.63) is 54.4 Å². The molecule has 1 aromatic carbocycles. The fraction of sp³-hybridized carbons (Fsp3) is 0.391. The summed E-state index contributed by atoms with van der Waals surface area (Å²) in [7, 11) is 0. The highest BCUT2D eigenvalue weighted by Crippen LogP contribution is 2.38. The van der Waals surface area contributed by atoms with E-state index in [-0.39, 0.29) is 0 Å². The van der Waals surface area contributed by atoms with Gasteiger partial charge in [-0.2, -0.15) is 10.1 Å². The zero-order valence-electron chi connectivity index (χ0n) is 16.3. The number of aromatic nitrogens is 3. The maximum absolute atomic E-state index is 6.03. The van der Waals surface area contributed by atoms with Crippen LogP contribution in [0.3, 0.4) is 0 Å². The van der Waals surface area contributed by atoms with E-state index < -0.39 is 0 Å². The van der Waals surface area contributed by atoms with Gasteiger partial charge in [0.15, 0.2) is 0 Å². The number of nitrogens with one attached hydrogen (secondary N) is 2. The number of anilines is 1. The second kappa shape index (κ2) is 6.88. The van der Waals surface area contributed by atoms with Crippen molar-refractivity contribution in [3.63, 3.8) is 0 Å². The van der Waals surface area contributed by atoms with E-state index in [2.05, 4.69) is 46.1 Å². The van der Waals surface area contributed by atoms with Crippen molar-refractivity contribution in [1.29, 1.82) is 0 Å². The van der Waals surface area contributed by atoms with Crippen LogP contribution in [0.4, 0.5) is 5.82 Å². The Kier molecular flexibility index (Phi) is 4.04. The molecule has 3 aliphatic heterocycles. The van der Waals surface area contributed by atoms with E-state index in [1.807, 2.05) is 16.9 Å². The standard InChI is InChI=1S/C23H25N5O/c1-3-16-12-18(13-17(4-1)25-16)26-22-8-7-21-20-6-5-19(28-10-2-9-24-28)11-15(20)14-29-23(21)27-22/h2,5-11,16-18,25H,1,3-4,12-14H2,(H,26,27)/t16-,17?,18?/m1/s1. The predicted octanol–water partition coefficient (Wildman–Crippen LogP) is 3.91. The van der Waals surface area contributed by atoms with Crippen LogP contribution in [0.25, 0.3) is 16.8 Å². The Labute approximate surface area is 170 Å². The second-order valence-electron chi connectivity index (χ2n) is 8.43. The monoisotopic (exact) mass is 387 g/mol. The van der Waals surface area contributed by atoms with Crippen LogP contribution in [-0.4, -0.2) is 32.9 Å². The van der Waals surface area contributed by atoms with Gasteiger partial charge in [-0.15, -0.1) is 0 Å². The van der Waals surface area contributed by atoms with E-state index in [0.717, 1.165) is 22.9 Å². The Hall–Kier alpha value is -2.86. The molecule has 0 saturated carbocycles. The Bertz CT molecular complexity index is 1020. The summed E-state index contributed by atoms with van der Waals surface area (Å²) in [6.45, 7) is 0.533. The molecular weight excluding hydrogens is 362 g/mol. The molecule has 2 saturated heterocycles. The lowest BCUT2D eigenvalue weighted by molar-refractivity contribution is 0.230. The zero-order chi connectivity index (χ0) is 19.2. The Balaban J connectivity index is 1.24. The van der Waals surface area contributed by atoms with Gasteiger partial charge in [0.05, 0.1) is 5.69 Å². The molecule has 2 unspecified atom stereocenters. The topological polar surface area (TPSA) is 64.0 Å². The van der Waals surface area contributed by atoms with Crippen molar-refractivity contribution in [2.45, 2.75) is 56.8 Å².